The molecule has 1 aliphatic heterocycles. The first-order chi connectivity index (χ1) is 8.64. The Morgan fingerprint density at radius 2 is 2.00 bits per heavy atom. The number of benzene rings is 1. The zero-order valence-corrected chi connectivity index (χ0v) is 10.9. The summed E-state index contributed by atoms with van der Waals surface area (Å²) in [4.78, 5) is 16.1. The van der Waals surface area contributed by atoms with Gasteiger partial charge in [0.05, 0.1) is 0 Å². The first-order valence-electron chi connectivity index (χ1n) is 6.32. The molecule has 0 spiro atoms. The average molecular weight is 245 g/mol. The molecule has 1 aromatic rings. The van der Waals surface area contributed by atoms with Crippen molar-refractivity contribution in [3.63, 3.8) is 0 Å². The van der Waals surface area contributed by atoms with Crippen molar-refractivity contribution in [2.45, 2.75) is 32.2 Å². The van der Waals surface area contributed by atoms with Crippen molar-refractivity contribution in [1.29, 1.82) is 0 Å². The smallest absolute Gasteiger partial charge is 0.252 e. The second-order valence-corrected chi connectivity index (χ2v) is 4.72. The van der Waals surface area contributed by atoms with Crippen LogP contribution in [0.15, 0.2) is 35.3 Å². The molecular formula is C14H19N3O. The summed E-state index contributed by atoms with van der Waals surface area (Å²) in [6.07, 6.45) is 1.63. The molecule has 1 aromatic carbocycles. The lowest BCUT2D eigenvalue weighted by molar-refractivity contribution is -0.123. The van der Waals surface area contributed by atoms with Crippen LogP contribution in [0.2, 0.25) is 0 Å². The highest BCUT2D eigenvalue weighted by atomic mass is 16.2. The number of aryl methyl sites for hydroxylation is 1. The quantitative estimate of drug-likeness (QED) is 0.844. The predicted molar refractivity (Wildman–Crippen MR) is 72.4 cm³/mol. The number of nitrogens with zero attached hydrogens (tertiary/aromatic N) is 1. The number of hydrogen-bond acceptors (Lipinski definition) is 2. The summed E-state index contributed by atoms with van der Waals surface area (Å²) >= 11 is 0. The number of nitrogens with one attached hydrogen (secondary N) is 2. The minimum Gasteiger partial charge on any atom is -0.342 e. The second kappa shape index (κ2) is 5.21. The van der Waals surface area contributed by atoms with E-state index < -0.39 is 5.54 Å². The summed E-state index contributed by atoms with van der Waals surface area (Å²) in [7, 11) is 0. The van der Waals surface area contributed by atoms with Crippen LogP contribution in [-0.2, 0) is 11.2 Å². The fraction of sp³-hybridized carbons (Fsp3) is 0.429. The predicted octanol–water partition coefficient (Wildman–Crippen LogP) is 1.47. The maximum atomic E-state index is 11.9. The molecule has 1 aliphatic rings. The molecule has 1 amide bonds. The van der Waals surface area contributed by atoms with Gasteiger partial charge in [-0.05, 0) is 32.3 Å². The monoisotopic (exact) mass is 245 g/mol. The third-order valence-corrected chi connectivity index (χ3v) is 3.20. The van der Waals surface area contributed by atoms with E-state index >= 15 is 0 Å². The molecule has 4 heteroatoms. The first-order valence-corrected chi connectivity index (χ1v) is 6.32. The summed E-state index contributed by atoms with van der Waals surface area (Å²) in [5.41, 5.74) is 0.693. The van der Waals surface area contributed by atoms with E-state index in [-0.39, 0.29) is 5.91 Å². The van der Waals surface area contributed by atoms with Crippen LogP contribution in [-0.4, -0.2) is 24.0 Å². The van der Waals surface area contributed by atoms with Crippen molar-refractivity contribution in [1.82, 2.24) is 10.6 Å². The van der Waals surface area contributed by atoms with E-state index in [2.05, 4.69) is 27.8 Å². The van der Waals surface area contributed by atoms with Gasteiger partial charge < -0.3 is 5.32 Å². The molecule has 2 rings (SSSR count). The highest BCUT2D eigenvalue weighted by molar-refractivity contribution is 6.08. The molecule has 1 saturated heterocycles. The third-order valence-electron chi connectivity index (χ3n) is 3.20. The Morgan fingerprint density at radius 3 is 2.67 bits per heavy atom. The molecule has 0 saturated carbocycles. The Kier molecular flexibility index (Phi) is 3.65. The van der Waals surface area contributed by atoms with Gasteiger partial charge in [-0.25, -0.2) is 0 Å². The van der Waals surface area contributed by atoms with E-state index in [4.69, 9.17) is 0 Å². The minimum absolute atomic E-state index is 0.00521. The van der Waals surface area contributed by atoms with Gasteiger partial charge in [0, 0.05) is 6.54 Å². The summed E-state index contributed by atoms with van der Waals surface area (Å²) < 4.78 is 0. The summed E-state index contributed by atoms with van der Waals surface area (Å²) in [6, 6.07) is 10.2. The maximum absolute atomic E-state index is 11.9. The molecule has 2 N–H and O–H groups in total. The van der Waals surface area contributed by atoms with Crippen LogP contribution >= 0.6 is 0 Å². The van der Waals surface area contributed by atoms with Crippen molar-refractivity contribution >= 4 is 11.9 Å². The third kappa shape index (κ3) is 2.70. The average Bonchev–Trinajstić information content (AvgIpc) is 2.65. The molecule has 18 heavy (non-hydrogen) atoms. The van der Waals surface area contributed by atoms with Gasteiger partial charge in [-0.2, -0.15) is 0 Å². The van der Waals surface area contributed by atoms with Crippen LogP contribution in [0, 0.1) is 0 Å². The van der Waals surface area contributed by atoms with Crippen molar-refractivity contribution in [3.8, 4) is 0 Å². The summed E-state index contributed by atoms with van der Waals surface area (Å²) in [6.45, 7) is 4.53. The van der Waals surface area contributed by atoms with Gasteiger partial charge in [0.15, 0.2) is 5.96 Å². The Balaban J connectivity index is 2.00. The van der Waals surface area contributed by atoms with Gasteiger partial charge in [0.2, 0.25) is 0 Å². The van der Waals surface area contributed by atoms with Gasteiger partial charge in [0.25, 0.3) is 5.91 Å². The van der Waals surface area contributed by atoms with E-state index in [1.54, 1.807) is 0 Å². The molecule has 1 atom stereocenters. The van der Waals surface area contributed by atoms with E-state index in [9.17, 15) is 4.79 Å². The maximum Gasteiger partial charge on any atom is 0.252 e. The molecule has 0 radical (unpaired) electrons. The Labute approximate surface area is 108 Å². The molecule has 1 unspecified atom stereocenters. The Bertz CT molecular complexity index is 455. The SMILES string of the molecule is CCN=C1NC(=O)C(C)(CCc2ccccc2)N1. The number of rotatable bonds is 4. The van der Waals surface area contributed by atoms with Crippen LogP contribution in [0.4, 0.5) is 0 Å². The fourth-order valence-electron chi connectivity index (χ4n) is 2.05. The normalized spacial score (nSPS) is 25.0. The highest BCUT2D eigenvalue weighted by Crippen LogP contribution is 2.17. The lowest BCUT2D eigenvalue weighted by atomic mass is 9.93. The summed E-state index contributed by atoms with van der Waals surface area (Å²) in [5.74, 6) is 0.601. The van der Waals surface area contributed by atoms with Gasteiger partial charge in [-0.1, -0.05) is 30.3 Å². The zero-order chi connectivity index (χ0) is 13.0. The molecule has 0 aliphatic carbocycles. The van der Waals surface area contributed by atoms with E-state index in [1.165, 1.54) is 5.56 Å². The van der Waals surface area contributed by atoms with E-state index in [0.717, 1.165) is 12.8 Å². The fourth-order valence-corrected chi connectivity index (χ4v) is 2.05. The largest absolute Gasteiger partial charge is 0.342 e. The first kappa shape index (κ1) is 12.6. The standard InChI is InChI=1S/C14H19N3O/c1-3-15-13-16-12(18)14(2,17-13)10-9-11-7-5-4-6-8-11/h4-8H,3,9-10H2,1-2H3,(H2,15,16,17,18). The van der Waals surface area contributed by atoms with Crippen LogP contribution in [0.25, 0.3) is 0 Å². The molecule has 1 heterocycles. The molecule has 4 nitrogen and oxygen atoms in total. The molecular weight excluding hydrogens is 226 g/mol. The van der Waals surface area contributed by atoms with Gasteiger partial charge >= 0.3 is 0 Å². The van der Waals surface area contributed by atoms with Crippen LogP contribution in [0.3, 0.4) is 0 Å². The highest BCUT2D eigenvalue weighted by Gasteiger charge is 2.39. The Hall–Kier alpha value is -1.84. The van der Waals surface area contributed by atoms with Gasteiger partial charge in [0.1, 0.15) is 5.54 Å². The van der Waals surface area contributed by atoms with E-state index in [1.807, 2.05) is 32.0 Å². The molecule has 0 bridgehead atoms. The number of carbonyl (C=O) groups excluding carboxylic acids is 1. The number of hydrogen-bond donors (Lipinski definition) is 2. The lowest BCUT2D eigenvalue weighted by Gasteiger charge is -2.20. The topological polar surface area (TPSA) is 53.5 Å². The molecule has 0 aromatic heterocycles. The van der Waals surface area contributed by atoms with Crippen LogP contribution < -0.4 is 10.6 Å². The number of carbonyl (C=O) groups is 1. The minimum atomic E-state index is -0.552. The summed E-state index contributed by atoms with van der Waals surface area (Å²) in [5, 5.41) is 5.96. The number of guanidine groups is 1. The van der Waals surface area contributed by atoms with E-state index in [0.29, 0.717) is 12.5 Å². The second-order valence-electron chi connectivity index (χ2n) is 4.72. The van der Waals surface area contributed by atoms with Gasteiger partial charge in [-0.15, -0.1) is 0 Å². The van der Waals surface area contributed by atoms with Crippen molar-refractivity contribution in [2.75, 3.05) is 6.54 Å². The number of amides is 1. The van der Waals surface area contributed by atoms with Crippen molar-refractivity contribution in [2.24, 2.45) is 4.99 Å². The van der Waals surface area contributed by atoms with Crippen LogP contribution in [0.1, 0.15) is 25.8 Å². The molecule has 1 fully saturated rings. The number of aliphatic imine (C=N–C) groups is 1. The molecule has 96 valence electrons. The lowest BCUT2D eigenvalue weighted by Crippen LogP contribution is -2.44. The Morgan fingerprint density at radius 1 is 1.28 bits per heavy atom. The van der Waals surface area contributed by atoms with Crippen molar-refractivity contribution in [3.05, 3.63) is 35.9 Å². The van der Waals surface area contributed by atoms with Crippen molar-refractivity contribution < 1.29 is 4.79 Å². The van der Waals surface area contributed by atoms with Crippen LogP contribution in [0.5, 0.6) is 0 Å². The van der Waals surface area contributed by atoms with Gasteiger partial charge in [-0.3, -0.25) is 15.1 Å². The zero-order valence-electron chi connectivity index (χ0n) is 10.9.